The van der Waals surface area contributed by atoms with Gasteiger partial charge in [0.15, 0.2) is 6.21 Å². The average Bonchev–Trinajstić information content (AvgIpc) is 1.68. The Morgan fingerprint density at radius 3 is 2.57 bits per heavy atom. The zero-order chi connectivity index (χ0) is 5.70. The molecule has 0 rings (SSSR count). The molecule has 1 atom stereocenters. The molecular weight excluding hydrogens is 110 g/mol. The maximum Gasteiger partial charge on any atom is 0.154 e. The van der Waals surface area contributed by atoms with Gasteiger partial charge in [-0.3, -0.25) is 5.41 Å². The molecular formula is C5H11ClN+. The van der Waals surface area contributed by atoms with Crippen molar-refractivity contribution in [3.63, 3.8) is 0 Å². The molecule has 0 amide bonds. The molecule has 0 aliphatic carbocycles. The second kappa shape index (κ2) is 4.13. The fraction of sp³-hybridized carbons (Fsp3) is 0.800. The fourth-order valence-electron chi connectivity index (χ4n) is 0.372. The molecule has 0 aromatic heterocycles. The van der Waals surface area contributed by atoms with Crippen molar-refractivity contribution in [2.24, 2.45) is 0 Å². The molecule has 42 valence electrons. The molecule has 7 heavy (non-hydrogen) atoms. The van der Waals surface area contributed by atoms with Gasteiger partial charge in [0.05, 0.1) is 0 Å². The smallest absolute Gasteiger partial charge is 0.154 e. The standard InChI is InChI=1S/C5H10ClN/c1-2-3-5(6)4-7/h4-5,7H,2-3H2,1H3/p+1. The van der Waals surface area contributed by atoms with Crippen molar-refractivity contribution in [2.75, 3.05) is 0 Å². The van der Waals surface area contributed by atoms with Crippen LogP contribution in [-0.2, 0) is 0 Å². The van der Waals surface area contributed by atoms with E-state index in [1.165, 1.54) is 6.21 Å². The first-order chi connectivity index (χ1) is 3.31. The number of hydrogen-bond donors (Lipinski definition) is 1. The van der Waals surface area contributed by atoms with Crippen LogP contribution in [-0.4, -0.2) is 11.6 Å². The molecule has 2 heteroatoms. The summed E-state index contributed by atoms with van der Waals surface area (Å²) in [4.78, 5) is 0. The van der Waals surface area contributed by atoms with Crippen molar-refractivity contribution < 1.29 is 5.41 Å². The molecule has 0 heterocycles. The molecule has 0 spiro atoms. The van der Waals surface area contributed by atoms with Crippen molar-refractivity contribution >= 4 is 17.8 Å². The van der Waals surface area contributed by atoms with Crippen LogP contribution in [0.25, 0.3) is 0 Å². The van der Waals surface area contributed by atoms with E-state index < -0.39 is 0 Å². The van der Waals surface area contributed by atoms with Crippen molar-refractivity contribution in [2.45, 2.75) is 25.1 Å². The van der Waals surface area contributed by atoms with Gasteiger partial charge in [-0.2, -0.15) is 0 Å². The summed E-state index contributed by atoms with van der Waals surface area (Å²) in [5, 5.41) is 5.18. The molecule has 0 fully saturated rings. The van der Waals surface area contributed by atoms with Gasteiger partial charge in [0.1, 0.15) is 5.38 Å². The number of halogens is 1. The van der Waals surface area contributed by atoms with E-state index in [9.17, 15) is 0 Å². The minimum atomic E-state index is 0.0741. The Labute approximate surface area is 49.2 Å². The third-order valence-electron chi connectivity index (χ3n) is 0.773. The minimum absolute atomic E-state index is 0.0741. The van der Waals surface area contributed by atoms with Gasteiger partial charge in [0, 0.05) is 0 Å². The largest absolute Gasteiger partial charge is 0.263 e. The minimum Gasteiger partial charge on any atom is -0.263 e. The van der Waals surface area contributed by atoms with E-state index in [0.717, 1.165) is 12.8 Å². The second-order valence-electron chi connectivity index (χ2n) is 1.50. The van der Waals surface area contributed by atoms with Crippen LogP contribution in [0.1, 0.15) is 19.8 Å². The summed E-state index contributed by atoms with van der Waals surface area (Å²) >= 11 is 5.58. The lowest BCUT2D eigenvalue weighted by atomic mass is 10.3. The lowest BCUT2D eigenvalue weighted by molar-refractivity contribution is -0.107. The first-order valence-corrected chi connectivity index (χ1v) is 2.94. The lowest BCUT2D eigenvalue weighted by Gasteiger charge is -1.91. The van der Waals surface area contributed by atoms with Crippen molar-refractivity contribution in [1.82, 2.24) is 0 Å². The quantitative estimate of drug-likeness (QED) is 0.408. The summed E-state index contributed by atoms with van der Waals surface area (Å²) in [5.74, 6) is 0. The maximum absolute atomic E-state index is 5.58. The molecule has 1 nitrogen and oxygen atoms in total. The van der Waals surface area contributed by atoms with Crippen LogP contribution in [0.5, 0.6) is 0 Å². The van der Waals surface area contributed by atoms with Gasteiger partial charge < -0.3 is 0 Å². The molecule has 0 aromatic rings. The predicted molar refractivity (Wildman–Crippen MR) is 32.5 cm³/mol. The third-order valence-corrected chi connectivity index (χ3v) is 1.14. The zero-order valence-corrected chi connectivity index (χ0v) is 5.28. The molecule has 2 N–H and O–H groups in total. The van der Waals surface area contributed by atoms with E-state index in [0.29, 0.717) is 0 Å². The summed E-state index contributed by atoms with van der Waals surface area (Å²) in [5.41, 5.74) is 0. The Morgan fingerprint density at radius 2 is 2.43 bits per heavy atom. The van der Waals surface area contributed by atoms with Crippen LogP contribution in [0.2, 0.25) is 0 Å². The molecule has 0 bridgehead atoms. The van der Waals surface area contributed by atoms with Crippen LogP contribution < -0.4 is 5.41 Å². The van der Waals surface area contributed by atoms with Crippen LogP contribution in [0.15, 0.2) is 0 Å². The Morgan fingerprint density at radius 1 is 1.86 bits per heavy atom. The van der Waals surface area contributed by atoms with Crippen molar-refractivity contribution in [1.29, 1.82) is 0 Å². The SMILES string of the molecule is CCCC(Cl)C=[NH2+]. The highest BCUT2D eigenvalue weighted by Gasteiger charge is 1.97. The average molecular weight is 121 g/mol. The van der Waals surface area contributed by atoms with Gasteiger partial charge in [-0.1, -0.05) is 13.3 Å². The van der Waals surface area contributed by atoms with E-state index in [1.807, 2.05) is 0 Å². The van der Waals surface area contributed by atoms with Crippen LogP contribution >= 0.6 is 11.6 Å². The summed E-state index contributed by atoms with van der Waals surface area (Å²) in [6.07, 6.45) is 3.60. The third kappa shape index (κ3) is 3.80. The normalized spacial score (nSPS) is 13.4. The molecule has 0 saturated carbocycles. The van der Waals surface area contributed by atoms with E-state index in [1.54, 1.807) is 0 Å². The number of hydrogen-bond acceptors (Lipinski definition) is 0. The molecule has 0 aromatic carbocycles. The van der Waals surface area contributed by atoms with Gasteiger partial charge in [-0.05, 0) is 6.42 Å². The second-order valence-corrected chi connectivity index (χ2v) is 2.06. The summed E-state index contributed by atoms with van der Waals surface area (Å²) < 4.78 is 0. The van der Waals surface area contributed by atoms with Gasteiger partial charge in [-0.25, -0.2) is 0 Å². The Bertz CT molecular complexity index is 54.0. The van der Waals surface area contributed by atoms with E-state index >= 15 is 0 Å². The molecule has 0 aliphatic rings. The van der Waals surface area contributed by atoms with E-state index in [2.05, 4.69) is 6.92 Å². The topological polar surface area (TPSA) is 25.6 Å². The Balaban J connectivity index is 2.98. The van der Waals surface area contributed by atoms with Gasteiger partial charge >= 0.3 is 0 Å². The Hall–Kier alpha value is -0.0400. The maximum atomic E-state index is 5.58. The number of rotatable bonds is 3. The van der Waals surface area contributed by atoms with Crippen LogP contribution in [0.3, 0.4) is 0 Å². The van der Waals surface area contributed by atoms with Gasteiger partial charge in [0.25, 0.3) is 0 Å². The van der Waals surface area contributed by atoms with E-state index in [4.69, 9.17) is 17.0 Å². The van der Waals surface area contributed by atoms with Crippen LogP contribution in [0.4, 0.5) is 0 Å². The highest BCUT2D eigenvalue weighted by Crippen LogP contribution is 1.98. The summed E-state index contributed by atoms with van der Waals surface area (Å²) in [6, 6.07) is 0. The first-order valence-electron chi connectivity index (χ1n) is 2.50. The first kappa shape index (κ1) is 6.96. The van der Waals surface area contributed by atoms with Crippen molar-refractivity contribution in [3.05, 3.63) is 0 Å². The zero-order valence-electron chi connectivity index (χ0n) is 4.52. The van der Waals surface area contributed by atoms with Gasteiger partial charge in [0.2, 0.25) is 0 Å². The monoisotopic (exact) mass is 120 g/mol. The van der Waals surface area contributed by atoms with Gasteiger partial charge in [-0.15, -0.1) is 11.6 Å². The molecule has 0 aliphatic heterocycles. The van der Waals surface area contributed by atoms with Crippen LogP contribution in [0, 0.1) is 0 Å². The predicted octanol–water partition coefficient (Wildman–Crippen LogP) is 0.224. The molecule has 0 saturated heterocycles. The van der Waals surface area contributed by atoms with Crippen molar-refractivity contribution in [3.8, 4) is 0 Å². The molecule has 0 radical (unpaired) electrons. The van der Waals surface area contributed by atoms with E-state index in [-0.39, 0.29) is 5.38 Å². The Kier molecular flexibility index (Phi) is 4.10. The highest BCUT2D eigenvalue weighted by molar-refractivity contribution is 6.27. The lowest BCUT2D eigenvalue weighted by Crippen LogP contribution is -2.34. The summed E-state index contributed by atoms with van der Waals surface area (Å²) in [7, 11) is 0. The number of nitrogens with two attached hydrogens (primary N) is 1. The fourth-order valence-corrected chi connectivity index (χ4v) is 0.590. The summed E-state index contributed by atoms with van der Waals surface area (Å²) in [6.45, 7) is 2.08. The number of alkyl halides is 1. The highest BCUT2D eigenvalue weighted by atomic mass is 35.5. The molecule has 1 unspecified atom stereocenters.